The van der Waals surface area contributed by atoms with E-state index in [1.165, 1.54) is 21.3 Å². The van der Waals surface area contributed by atoms with Crippen molar-refractivity contribution in [1.82, 2.24) is 5.32 Å². The highest BCUT2D eigenvalue weighted by atomic mass is 16.5. The molecule has 31 heavy (non-hydrogen) atoms. The number of anilines is 1. The molecule has 1 unspecified atom stereocenters. The van der Waals surface area contributed by atoms with E-state index in [-0.39, 0.29) is 24.7 Å². The average Bonchev–Trinajstić information content (AvgIpc) is 2.79. The number of nitrogens with one attached hydrogen (secondary N) is 2. The maximum absolute atomic E-state index is 12.8. The van der Waals surface area contributed by atoms with Crippen LogP contribution in [0.15, 0.2) is 55.1 Å². The molecular formula is C23H26N2O6. The molecule has 2 rings (SSSR count). The maximum atomic E-state index is 12.8. The number of carbonyl (C=O) groups is 3. The van der Waals surface area contributed by atoms with Crippen LogP contribution >= 0.6 is 0 Å². The van der Waals surface area contributed by atoms with Gasteiger partial charge in [-0.25, -0.2) is 0 Å². The molecule has 2 N–H and O–H groups in total. The van der Waals surface area contributed by atoms with Gasteiger partial charge in [-0.05, 0) is 29.8 Å². The third-order valence-corrected chi connectivity index (χ3v) is 4.56. The quantitative estimate of drug-likeness (QED) is 0.447. The zero-order valence-corrected chi connectivity index (χ0v) is 17.8. The van der Waals surface area contributed by atoms with E-state index in [2.05, 4.69) is 17.2 Å². The molecule has 0 fully saturated rings. The summed E-state index contributed by atoms with van der Waals surface area (Å²) < 4.78 is 15.4. The average molecular weight is 426 g/mol. The van der Waals surface area contributed by atoms with Crippen LogP contribution in [0.25, 0.3) is 0 Å². The molecule has 0 bridgehead atoms. The van der Waals surface area contributed by atoms with Crippen molar-refractivity contribution >= 4 is 23.5 Å². The molecule has 0 saturated heterocycles. The van der Waals surface area contributed by atoms with Crippen LogP contribution in [-0.4, -0.2) is 39.1 Å². The topological polar surface area (TPSA) is 103 Å². The Balaban J connectivity index is 2.26. The van der Waals surface area contributed by atoms with Gasteiger partial charge in [-0.2, -0.15) is 0 Å². The van der Waals surface area contributed by atoms with Crippen LogP contribution in [0.2, 0.25) is 0 Å². The second kappa shape index (κ2) is 11.4. The van der Waals surface area contributed by atoms with Crippen molar-refractivity contribution in [3.05, 3.63) is 66.2 Å². The summed E-state index contributed by atoms with van der Waals surface area (Å²) in [5.41, 5.74) is 1.73. The minimum Gasteiger partial charge on any atom is -0.497 e. The van der Waals surface area contributed by atoms with Crippen molar-refractivity contribution in [2.24, 2.45) is 0 Å². The Kier molecular flexibility index (Phi) is 8.63. The largest absolute Gasteiger partial charge is 0.497 e. The number of hydrogen-bond acceptors (Lipinski definition) is 6. The van der Waals surface area contributed by atoms with Gasteiger partial charge in [0.25, 0.3) is 0 Å². The van der Waals surface area contributed by atoms with Crippen LogP contribution in [0.1, 0.15) is 23.6 Å². The maximum Gasteiger partial charge on any atom is 0.307 e. The van der Waals surface area contributed by atoms with Crippen LogP contribution in [0, 0.1) is 0 Å². The van der Waals surface area contributed by atoms with Crippen molar-refractivity contribution < 1.29 is 28.6 Å². The summed E-state index contributed by atoms with van der Waals surface area (Å²) >= 11 is 0. The Morgan fingerprint density at radius 1 is 1.06 bits per heavy atom. The standard InChI is InChI=1S/C23H26N2O6/c1-5-21(26)24-18-9-7-6-8-15(18)12-22(27)25-19(14-23(28)31-4)17-11-10-16(29-2)13-20(17)30-3/h5-11,13,19H,1,12,14H2,2-4H3,(H,24,26)(H,25,27). The molecule has 1 atom stereocenters. The number of benzene rings is 2. The summed E-state index contributed by atoms with van der Waals surface area (Å²) in [5.74, 6) is -0.156. The lowest BCUT2D eigenvalue weighted by Gasteiger charge is -2.21. The van der Waals surface area contributed by atoms with E-state index in [4.69, 9.17) is 14.2 Å². The first-order valence-electron chi connectivity index (χ1n) is 9.51. The molecule has 0 aliphatic rings. The van der Waals surface area contributed by atoms with Crippen molar-refractivity contribution in [3.8, 4) is 11.5 Å². The molecule has 0 spiro atoms. The molecular weight excluding hydrogens is 400 g/mol. The first-order valence-corrected chi connectivity index (χ1v) is 9.51. The molecule has 2 amide bonds. The van der Waals surface area contributed by atoms with E-state index < -0.39 is 12.0 Å². The van der Waals surface area contributed by atoms with Gasteiger partial charge in [0.2, 0.25) is 11.8 Å². The van der Waals surface area contributed by atoms with Crippen LogP contribution < -0.4 is 20.1 Å². The second-order valence-corrected chi connectivity index (χ2v) is 6.54. The van der Waals surface area contributed by atoms with E-state index >= 15 is 0 Å². The van der Waals surface area contributed by atoms with Gasteiger partial charge in [-0.1, -0.05) is 24.8 Å². The minimum atomic E-state index is -0.685. The lowest BCUT2D eigenvalue weighted by Crippen LogP contribution is -2.32. The van der Waals surface area contributed by atoms with Crippen molar-refractivity contribution in [2.45, 2.75) is 18.9 Å². The molecule has 2 aromatic rings. The number of amides is 2. The smallest absolute Gasteiger partial charge is 0.307 e. The van der Waals surface area contributed by atoms with Crippen molar-refractivity contribution in [1.29, 1.82) is 0 Å². The Hall–Kier alpha value is -3.81. The van der Waals surface area contributed by atoms with Gasteiger partial charge in [0.05, 0.1) is 40.2 Å². The van der Waals surface area contributed by atoms with E-state index in [1.807, 2.05) is 0 Å². The Morgan fingerprint density at radius 2 is 1.81 bits per heavy atom. The van der Waals surface area contributed by atoms with Crippen LogP contribution in [0.3, 0.4) is 0 Å². The number of rotatable bonds is 10. The zero-order chi connectivity index (χ0) is 22.8. The summed E-state index contributed by atoms with van der Waals surface area (Å²) in [4.78, 5) is 36.5. The fraction of sp³-hybridized carbons (Fsp3) is 0.261. The molecule has 0 aliphatic heterocycles. The third kappa shape index (κ3) is 6.60. The number of esters is 1. The highest BCUT2D eigenvalue weighted by Crippen LogP contribution is 2.31. The number of ether oxygens (including phenoxy) is 3. The molecule has 0 aliphatic carbocycles. The monoisotopic (exact) mass is 426 g/mol. The molecule has 8 heteroatoms. The van der Waals surface area contributed by atoms with E-state index in [0.717, 1.165) is 6.08 Å². The fourth-order valence-electron chi connectivity index (χ4n) is 2.99. The molecule has 0 aromatic heterocycles. The molecule has 164 valence electrons. The first kappa shape index (κ1) is 23.5. The minimum absolute atomic E-state index is 0.0102. The predicted molar refractivity (Wildman–Crippen MR) is 116 cm³/mol. The Labute approximate surface area is 181 Å². The first-order chi connectivity index (χ1) is 14.9. The molecule has 0 heterocycles. The molecule has 0 saturated carbocycles. The van der Waals surface area contributed by atoms with E-state index in [0.29, 0.717) is 28.3 Å². The van der Waals surface area contributed by atoms with Gasteiger partial charge < -0.3 is 24.8 Å². The number of carbonyl (C=O) groups excluding carboxylic acids is 3. The van der Waals surface area contributed by atoms with Gasteiger partial charge in [-0.3, -0.25) is 14.4 Å². The van der Waals surface area contributed by atoms with Crippen LogP contribution in [-0.2, 0) is 25.5 Å². The third-order valence-electron chi connectivity index (χ3n) is 4.56. The van der Waals surface area contributed by atoms with E-state index in [9.17, 15) is 14.4 Å². The molecule has 2 aromatic carbocycles. The summed E-state index contributed by atoms with van der Waals surface area (Å²) in [6.45, 7) is 3.43. The normalized spacial score (nSPS) is 11.1. The Morgan fingerprint density at radius 3 is 2.45 bits per heavy atom. The summed E-state index contributed by atoms with van der Waals surface area (Å²) in [6.07, 6.45) is 1.06. The summed E-state index contributed by atoms with van der Waals surface area (Å²) in [6, 6.07) is 11.4. The van der Waals surface area contributed by atoms with Gasteiger partial charge >= 0.3 is 5.97 Å². The highest BCUT2D eigenvalue weighted by molar-refractivity contribution is 5.99. The van der Waals surface area contributed by atoms with Gasteiger partial charge in [0, 0.05) is 17.3 Å². The SMILES string of the molecule is C=CC(=O)Nc1ccccc1CC(=O)NC(CC(=O)OC)c1ccc(OC)cc1OC. The highest BCUT2D eigenvalue weighted by Gasteiger charge is 2.23. The molecule has 0 radical (unpaired) electrons. The summed E-state index contributed by atoms with van der Waals surface area (Å²) in [7, 11) is 4.31. The zero-order valence-electron chi connectivity index (χ0n) is 17.8. The number of para-hydroxylation sites is 1. The lowest BCUT2D eigenvalue weighted by atomic mass is 10.0. The van der Waals surface area contributed by atoms with Crippen LogP contribution in [0.5, 0.6) is 11.5 Å². The van der Waals surface area contributed by atoms with Gasteiger partial charge in [-0.15, -0.1) is 0 Å². The summed E-state index contributed by atoms with van der Waals surface area (Å²) in [5, 5.41) is 5.54. The van der Waals surface area contributed by atoms with E-state index in [1.54, 1.807) is 42.5 Å². The van der Waals surface area contributed by atoms with Gasteiger partial charge in [0.1, 0.15) is 11.5 Å². The van der Waals surface area contributed by atoms with Crippen molar-refractivity contribution in [2.75, 3.05) is 26.6 Å². The van der Waals surface area contributed by atoms with Crippen molar-refractivity contribution in [3.63, 3.8) is 0 Å². The second-order valence-electron chi connectivity index (χ2n) is 6.54. The van der Waals surface area contributed by atoms with Gasteiger partial charge in [0.15, 0.2) is 0 Å². The predicted octanol–water partition coefficient (Wildman–Crippen LogP) is 2.79. The fourth-order valence-corrected chi connectivity index (χ4v) is 2.99. The van der Waals surface area contributed by atoms with Crippen LogP contribution in [0.4, 0.5) is 5.69 Å². The lowest BCUT2D eigenvalue weighted by molar-refractivity contribution is -0.141. The number of hydrogen-bond donors (Lipinski definition) is 2. The Bertz CT molecular complexity index is 957. The molecule has 8 nitrogen and oxygen atoms in total. The number of methoxy groups -OCH3 is 3.